The Hall–Kier alpha value is -5.92. The number of nitrogens with zero attached hydrogens (tertiary/aromatic N) is 4. The number of fused-ring (bicyclic) bond motifs is 4. The number of benzene rings is 6. The summed E-state index contributed by atoms with van der Waals surface area (Å²) in [7, 11) is 0. The van der Waals surface area contributed by atoms with Crippen LogP contribution in [0.2, 0.25) is 17.3 Å². The number of aryl methyl sites for hydroxylation is 4. The van der Waals surface area contributed by atoms with Gasteiger partial charge < -0.3 is 8.98 Å². The maximum Gasteiger partial charge on any atom is 0 e. The number of aromatic nitrogens is 4. The van der Waals surface area contributed by atoms with E-state index >= 15 is 0 Å². The summed E-state index contributed by atoms with van der Waals surface area (Å²) in [5.74, 6) is 8.53. The van der Waals surface area contributed by atoms with E-state index in [9.17, 15) is 0 Å². The zero-order valence-electron chi connectivity index (χ0n) is 45.5. The molecule has 10 aromatic rings. The topological polar surface area (TPSA) is 56.7 Å². The summed E-state index contributed by atoms with van der Waals surface area (Å²) in [5, 5.41) is 2.16. The molecule has 0 aliphatic carbocycles. The number of pyridine rings is 2. The van der Waals surface area contributed by atoms with Crippen LogP contribution in [0.4, 0.5) is 0 Å². The van der Waals surface area contributed by atoms with Gasteiger partial charge in [-0.05, 0) is 78.6 Å². The molecule has 0 saturated heterocycles. The molecule has 0 fully saturated rings. The molecular formula is C63H64GeIrN4O-2. The summed E-state index contributed by atoms with van der Waals surface area (Å²) in [6, 6.07) is 52.2. The number of imidazole rings is 1. The summed E-state index contributed by atoms with van der Waals surface area (Å²) in [6.07, 6.45) is 2.04. The monoisotopic (exact) mass is 1160 g/mol. The van der Waals surface area contributed by atoms with E-state index in [0.717, 1.165) is 72.6 Å². The van der Waals surface area contributed by atoms with Crippen molar-refractivity contribution < 1.29 is 28.6 Å². The molecule has 0 aliphatic heterocycles. The first kappa shape index (κ1) is 46.5. The van der Waals surface area contributed by atoms with Gasteiger partial charge in [-0.25, -0.2) is 0 Å². The molecule has 70 heavy (non-hydrogen) atoms. The molecule has 6 aromatic carbocycles. The number of furan rings is 1. The molecule has 0 bridgehead atoms. The second-order valence-corrected chi connectivity index (χ2v) is 31.2. The maximum absolute atomic E-state index is 7.56. The number of para-hydroxylation sites is 1. The van der Waals surface area contributed by atoms with Crippen LogP contribution in [-0.4, -0.2) is 32.8 Å². The Kier molecular flexibility index (Phi) is 13.3. The van der Waals surface area contributed by atoms with Crippen molar-refractivity contribution in [1.29, 1.82) is 0 Å². The summed E-state index contributed by atoms with van der Waals surface area (Å²) >= 11 is -2.18. The Bertz CT molecular complexity index is 3580. The van der Waals surface area contributed by atoms with E-state index in [4.69, 9.17) is 23.5 Å². The largest absolute Gasteiger partial charge is 0 e. The van der Waals surface area contributed by atoms with Gasteiger partial charge in [0.25, 0.3) is 0 Å². The number of rotatable bonds is 9. The number of hydrogen-bond acceptors (Lipinski definition) is 4. The van der Waals surface area contributed by atoms with Gasteiger partial charge in [0.2, 0.25) is 0 Å². The van der Waals surface area contributed by atoms with Gasteiger partial charge in [0.1, 0.15) is 5.58 Å². The first-order chi connectivity index (χ1) is 34.1. The summed E-state index contributed by atoms with van der Waals surface area (Å²) in [5.41, 5.74) is 18.1. The molecule has 0 aliphatic rings. The van der Waals surface area contributed by atoms with Crippen LogP contribution in [-0.2, 0) is 25.5 Å². The average molecular weight is 1160 g/mol. The molecular weight excluding hydrogens is 1090 g/mol. The van der Waals surface area contributed by atoms with Crippen molar-refractivity contribution in [2.24, 2.45) is 0 Å². The minimum Gasteiger partial charge on any atom is 0 e. The molecule has 1 radical (unpaired) electrons. The summed E-state index contributed by atoms with van der Waals surface area (Å²) < 4.78 is 33.0. The van der Waals surface area contributed by atoms with Crippen LogP contribution in [0.15, 0.2) is 144 Å². The van der Waals surface area contributed by atoms with Gasteiger partial charge in [-0.15, -0.1) is 18.2 Å². The first-order valence-corrected chi connectivity index (χ1v) is 31.5. The van der Waals surface area contributed by atoms with Crippen molar-refractivity contribution in [2.45, 2.75) is 104 Å². The Morgan fingerprint density at radius 2 is 1.37 bits per heavy atom. The van der Waals surface area contributed by atoms with E-state index in [-0.39, 0.29) is 37.4 Å². The molecule has 4 aromatic heterocycles. The summed E-state index contributed by atoms with van der Waals surface area (Å²) in [4.78, 5) is 15.2. The van der Waals surface area contributed by atoms with Crippen molar-refractivity contribution in [2.75, 3.05) is 0 Å². The second-order valence-electron chi connectivity index (χ2n) is 20.6. The minimum atomic E-state index is -2.18. The van der Waals surface area contributed by atoms with E-state index in [1.54, 1.807) is 12.1 Å². The van der Waals surface area contributed by atoms with Crippen molar-refractivity contribution >= 4 is 50.6 Å². The van der Waals surface area contributed by atoms with Crippen molar-refractivity contribution in [3.63, 3.8) is 0 Å². The van der Waals surface area contributed by atoms with Gasteiger partial charge in [-0.2, -0.15) is 0 Å². The summed E-state index contributed by atoms with van der Waals surface area (Å²) in [6.45, 7) is 17.8. The molecule has 0 saturated carbocycles. The Morgan fingerprint density at radius 3 is 2.00 bits per heavy atom. The molecule has 0 amide bonds. The smallest absolute Gasteiger partial charge is 0 e. The van der Waals surface area contributed by atoms with Crippen LogP contribution in [0.1, 0.15) is 102 Å². The van der Waals surface area contributed by atoms with Gasteiger partial charge in [0.15, 0.2) is 0 Å². The minimum absolute atomic E-state index is 0. The Labute approximate surface area is 435 Å². The van der Waals surface area contributed by atoms with Crippen LogP contribution in [0, 0.1) is 39.8 Å². The molecule has 0 N–H and O–H groups in total. The van der Waals surface area contributed by atoms with Gasteiger partial charge in [0.05, 0.1) is 28.1 Å². The molecule has 0 atom stereocenters. The second kappa shape index (κ2) is 20.1. The fraction of sp³-hybridized carbons (Fsp3) is 0.254. The molecule has 5 nitrogen and oxygen atoms in total. The zero-order valence-corrected chi connectivity index (χ0v) is 47.0. The Balaban J connectivity index is 0.000000208. The molecule has 10 rings (SSSR count). The van der Waals surface area contributed by atoms with Gasteiger partial charge in [-0.3, -0.25) is 9.97 Å². The van der Waals surface area contributed by atoms with Crippen LogP contribution in [0.25, 0.3) is 72.4 Å². The van der Waals surface area contributed by atoms with Crippen molar-refractivity contribution in [3.05, 3.63) is 197 Å². The van der Waals surface area contributed by atoms with Gasteiger partial charge in [-0.1, -0.05) is 87.2 Å². The third-order valence-corrected chi connectivity index (χ3v) is 18.0. The standard InChI is InChI=1S/C39H36N3O.C24H28GeN.Ir/c1-22(2)32-20-28(27-14-9-8-10-15-27)21-33(23(3)4)37(32)42-36-26(7)40-25(6)24(5)35(36)41-39(42)31-18-13-17-30-29-16-11-12-19-34(29)43-38(30)31;1-18-12-14-19(15-13-18)23-16-21(22(17-26-23)25(4,5)6)24(2,3)20-10-8-7-9-11-20;/h8-17,19-23H,1-7H3;7-14,16-17H,1-6H3;/q2*-1;/i;1D3;. The van der Waals surface area contributed by atoms with E-state index < -0.39 is 20.1 Å². The third kappa shape index (κ3) is 9.51. The van der Waals surface area contributed by atoms with Crippen LogP contribution in [0.5, 0.6) is 0 Å². The SMILES string of the molecule is Cc1nc(C)c2c(nc(-c3[c-]ccc4c3oc3ccccc34)n2-c2c(C(C)C)cc(-c3ccccc3)cc2C(C)C)c1C.[2H]C([2H])([2H])c1c[c-]c(-c2cc(C(C)(C)c3ccccc3)[c]([Ge]([CH3])([CH3])[CH3])cn2)cc1.[Ir]. The fourth-order valence-corrected chi connectivity index (χ4v) is 13.2. The molecule has 0 spiro atoms. The van der Waals surface area contributed by atoms with Crippen molar-refractivity contribution in [1.82, 2.24) is 19.5 Å². The predicted molar refractivity (Wildman–Crippen MR) is 293 cm³/mol. The molecule has 357 valence electrons. The van der Waals surface area contributed by atoms with Crippen LogP contribution < -0.4 is 4.40 Å². The maximum atomic E-state index is 7.56. The van der Waals surface area contributed by atoms with E-state index in [1.807, 2.05) is 36.5 Å². The van der Waals surface area contributed by atoms with E-state index in [2.05, 4.69) is 187 Å². The molecule has 0 unspecified atom stereocenters. The molecule has 4 heterocycles. The number of hydrogen-bond donors (Lipinski definition) is 0. The predicted octanol–water partition coefficient (Wildman–Crippen LogP) is 16.4. The zero-order chi connectivity index (χ0) is 51.4. The Morgan fingerprint density at radius 1 is 0.714 bits per heavy atom. The van der Waals surface area contributed by atoms with Crippen LogP contribution >= 0.6 is 0 Å². The average Bonchev–Trinajstić information content (AvgIpc) is 3.95. The van der Waals surface area contributed by atoms with E-state index in [0.29, 0.717) is 5.56 Å². The van der Waals surface area contributed by atoms with Gasteiger partial charge in [0, 0.05) is 36.9 Å². The van der Waals surface area contributed by atoms with Gasteiger partial charge >= 0.3 is 165 Å². The quantitative estimate of drug-likeness (QED) is 0.107. The van der Waals surface area contributed by atoms with Crippen molar-refractivity contribution in [3.8, 4) is 39.5 Å². The van der Waals surface area contributed by atoms with Crippen LogP contribution in [0.3, 0.4) is 0 Å². The molecule has 7 heteroatoms. The third-order valence-electron chi connectivity index (χ3n) is 13.7. The first-order valence-electron chi connectivity index (χ1n) is 25.7. The normalized spacial score (nSPS) is 12.7. The van der Waals surface area contributed by atoms with E-state index in [1.165, 1.54) is 43.5 Å². The fourth-order valence-electron chi connectivity index (χ4n) is 9.74.